The molecule has 31 heavy (non-hydrogen) atoms. The molecule has 0 unspecified atom stereocenters. The molecule has 3 rings (SSSR count). The van der Waals surface area contributed by atoms with Crippen LogP contribution in [0.25, 0.3) is 10.8 Å². The maximum Gasteiger partial charge on any atom is 0.131 e. The second kappa shape index (κ2) is 12.8. The molecule has 0 amide bonds. The van der Waals surface area contributed by atoms with E-state index in [0.29, 0.717) is 0 Å². The Morgan fingerprint density at radius 3 is 1.74 bits per heavy atom. The van der Waals surface area contributed by atoms with Crippen molar-refractivity contribution in [1.82, 2.24) is 0 Å². The molecule has 1 aliphatic carbocycles. The summed E-state index contributed by atoms with van der Waals surface area (Å²) in [4.78, 5) is 0. The quantitative estimate of drug-likeness (QED) is 0.224. The van der Waals surface area contributed by atoms with Gasteiger partial charge in [-0.05, 0) is 32.6 Å². The molecule has 0 bridgehead atoms. The van der Waals surface area contributed by atoms with Gasteiger partial charge in [0.2, 0.25) is 0 Å². The number of hydrogen-bond acceptors (Lipinski definition) is 2. The second-order valence-corrected chi connectivity index (χ2v) is 9.12. The molecule has 0 atom stereocenters. The average Bonchev–Trinajstić information content (AvgIpc) is 2.79. The fraction of sp³-hybridized carbons (Fsp3) is 0.586. The van der Waals surface area contributed by atoms with Crippen LogP contribution in [0.2, 0.25) is 0 Å². The fourth-order valence-corrected chi connectivity index (χ4v) is 4.60. The molecule has 2 aromatic rings. The van der Waals surface area contributed by atoms with E-state index in [1.807, 2.05) is 0 Å². The van der Waals surface area contributed by atoms with E-state index in [1.165, 1.54) is 78.8 Å². The van der Waals surface area contributed by atoms with Gasteiger partial charge >= 0.3 is 0 Å². The van der Waals surface area contributed by atoms with Crippen molar-refractivity contribution in [3.63, 3.8) is 0 Å². The van der Waals surface area contributed by atoms with Crippen LogP contribution in [0.15, 0.2) is 35.9 Å². The summed E-state index contributed by atoms with van der Waals surface area (Å²) in [5.74, 6) is 2.20. The zero-order chi connectivity index (χ0) is 21.9. The maximum absolute atomic E-state index is 6.49. The Labute approximate surface area is 190 Å². The number of hydrogen-bond donors (Lipinski definition) is 0. The summed E-state index contributed by atoms with van der Waals surface area (Å²) in [5.41, 5.74) is 4.13. The third-order valence-electron chi connectivity index (χ3n) is 6.43. The van der Waals surface area contributed by atoms with Crippen LogP contribution in [0.1, 0.15) is 96.1 Å². The van der Waals surface area contributed by atoms with Crippen LogP contribution in [0.4, 0.5) is 0 Å². The van der Waals surface area contributed by atoms with E-state index in [-0.39, 0.29) is 0 Å². The highest BCUT2D eigenvalue weighted by Gasteiger charge is 2.23. The molecule has 2 aromatic carbocycles. The van der Waals surface area contributed by atoms with Gasteiger partial charge in [-0.1, -0.05) is 101 Å². The molecule has 0 saturated carbocycles. The van der Waals surface area contributed by atoms with Gasteiger partial charge in [0, 0.05) is 21.9 Å². The number of fused-ring (bicyclic) bond motifs is 2. The third-order valence-corrected chi connectivity index (χ3v) is 6.43. The maximum atomic E-state index is 6.49. The molecule has 0 saturated heterocycles. The van der Waals surface area contributed by atoms with Crippen LogP contribution in [0.3, 0.4) is 0 Å². The highest BCUT2D eigenvalue weighted by atomic mass is 16.5. The van der Waals surface area contributed by atoms with Crippen LogP contribution in [0, 0.1) is 0 Å². The smallest absolute Gasteiger partial charge is 0.131 e. The lowest BCUT2D eigenvalue weighted by molar-refractivity contribution is 0.297. The summed E-state index contributed by atoms with van der Waals surface area (Å²) < 4.78 is 13.0. The molecule has 2 nitrogen and oxygen atoms in total. The van der Waals surface area contributed by atoms with Crippen LogP contribution >= 0.6 is 0 Å². The van der Waals surface area contributed by atoms with E-state index in [9.17, 15) is 0 Å². The van der Waals surface area contributed by atoms with Gasteiger partial charge < -0.3 is 9.47 Å². The molecule has 0 radical (unpaired) electrons. The average molecular weight is 423 g/mol. The third kappa shape index (κ3) is 6.51. The molecular weight excluding hydrogens is 380 g/mol. The van der Waals surface area contributed by atoms with Gasteiger partial charge in [-0.25, -0.2) is 0 Å². The molecule has 2 heteroatoms. The minimum Gasteiger partial charge on any atom is -0.493 e. The number of rotatable bonds is 14. The highest BCUT2D eigenvalue weighted by Crippen LogP contribution is 2.44. The van der Waals surface area contributed by atoms with Gasteiger partial charge in [0.15, 0.2) is 0 Å². The summed E-state index contributed by atoms with van der Waals surface area (Å²) in [5, 5.41) is 2.43. The van der Waals surface area contributed by atoms with Gasteiger partial charge in [0.1, 0.15) is 11.5 Å². The predicted octanol–water partition coefficient (Wildman–Crippen LogP) is 8.58. The minimum absolute atomic E-state index is 0.806. The van der Waals surface area contributed by atoms with E-state index in [1.54, 1.807) is 0 Å². The second-order valence-electron chi connectivity index (χ2n) is 9.12. The SMILES string of the molecule is CCCCCCCOc1c2c(c(OCCCCCCC)c3ccccc13)CC(C)=CC2. The Kier molecular flexibility index (Phi) is 9.78. The minimum atomic E-state index is 0.806. The van der Waals surface area contributed by atoms with E-state index in [4.69, 9.17) is 9.47 Å². The lowest BCUT2D eigenvalue weighted by Gasteiger charge is -2.25. The number of allylic oxidation sites excluding steroid dienone is 2. The first-order valence-electron chi connectivity index (χ1n) is 12.7. The van der Waals surface area contributed by atoms with Gasteiger partial charge in [0.05, 0.1) is 13.2 Å². The molecule has 0 N–H and O–H groups in total. The van der Waals surface area contributed by atoms with Crippen LogP contribution in [-0.2, 0) is 12.8 Å². The number of unbranched alkanes of at least 4 members (excludes halogenated alkanes) is 8. The van der Waals surface area contributed by atoms with Crippen molar-refractivity contribution in [2.45, 2.75) is 97.8 Å². The largest absolute Gasteiger partial charge is 0.493 e. The Bertz CT molecular complexity index is 849. The van der Waals surface area contributed by atoms with E-state index >= 15 is 0 Å². The van der Waals surface area contributed by atoms with Crippen molar-refractivity contribution < 1.29 is 9.47 Å². The van der Waals surface area contributed by atoms with E-state index < -0.39 is 0 Å². The highest BCUT2D eigenvalue weighted by molar-refractivity contribution is 5.96. The van der Waals surface area contributed by atoms with E-state index in [2.05, 4.69) is 51.1 Å². The Balaban J connectivity index is 1.81. The summed E-state index contributed by atoms with van der Waals surface area (Å²) in [6.07, 6.45) is 16.9. The zero-order valence-electron chi connectivity index (χ0n) is 20.1. The first-order chi connectivity index (χ1) is 15.3. The lowest BCUT2D eigenvalue weighted by Crippen LogP contribution is -2.11. The fourth-order valence-electron chi connectivity index (χ4n) is 4.60. The van der Waals surface area contributed by atoms with Crippen molar-refractivity contribution >= 4 is 10.8 Å². The Morgan fingerprint density at radius 1 is 0.677 bits per heavy atom. The van der Waals surface area contributed by atoms with Gasteiger partial charge in [-0.3, -0.25) is 0 Å². The molecule has 170 valence electrons. The first kappa shape index (κ1) is 23.7. The Hall–Kier alpha value is -1.96. The monoisotopic (exact) mass is 422 g/mol. The van der Waals surface area contributed by atoms with Crippen LogP contribution in [-0.4, -0.2) is 13.2 Å². The zero-order valence-corrected chi connectivity index (χ0v) is 20.1. The summed E-state index contributed by atoms with van der Waals surface area (Å²) >= 11 is 0. The molecule has 0 fully saturated rings. The van der Waals surface area contributed by atoms with Crippen molar-refractivity contribution in [1.29, 1.82) is 0 Å². The number of benzene rings is 2. The van der Waals surface area contributed by atoms with Crippen LogP contribution in [0.5, 0.6) is 11.5 Å². The topological polar surface area (TPSA) is 18.5 Å². The molecule has 0 heterocycles. The van der Waals surface area contributed by atoms with Crippen LogP contribution < -0.4 is 9.47 Å². The van der Waals surface area contributed by atoms with Gasteiger partial charge in [-0.15, -0.1) is 0 Å². The van der Waals surface area contributed by atoms with Crippen molar-refractivity contribution in [3.05, 3.63) is 47.0 Å². The molecule has 0 aromatic heterocycles. The van der Waals surface area contributed by atoms with Crippen molar-refractivity contribution in [2.24, 2.45) is 0 Å². The normalized spacial score (nSPS) is 13.2. The van der Waals surface area contributed by atoms with Gasteiger partial charge in [0.25, 0.3) is 0 Å². The number of ether oxygens (including phenoxy) is 2. The molecule has 0 aliphatic heterocycles. The lowest BCUT2D eigenvalue weighted by atomic mass is 9.87. The molecule has 0 spiro atoms. The van der Waals surface area contributed by atoms with E-state index in [0.717, 1.165) is 50.4 Å². The summed E-state index contributed by atoms with van der Waals surface area (Å²) in [6.45, 7) is 8.38. The first-order valence-corrected chi connectivity index (χ1v) is 12.7. The predicted molar refractivity (Wildman–Crippen MR) is 134 cm³/mol. The summed E-state index contributed by atoms with van der Waals surface area (Å²) in [7, 11) is 0. The summed E-state index contributed by atoms with van der Waals surface area (Å²) in [6, 6.07) is 8.68. The van der Waals surface area contributed by atoms with Crippen molar-refractivity contribution in [2.75, 3.05) is 13.2 Å². The van der Waals surface area contributed by atoms with Crippen molar-refractivity contribution in [3.8, 4) is 11.5 Å². The molecular formula is C29H42O2. The standard InChI is InChI=1S/C29H42O2/c1-4-6-8-10-14-20-30-28-24-16-12-13-17-25(24)29(31-21-15-11-9-7-5-2)27-22-23(3)18-19-26(27)28/h12-13,16-18H,4-11,14-15,19-22H2,1-3H3. The van der Waals surface area contributed by atoms with Gasteiger partial charge in [-0.2, -0.15) is 0 Å². The Morgan fingerprint density at radius 2 is 1.19 bits per heavy atom. The molecule has 1 aliphatic rings.